The molecular formula is C25H22ClNO6. The van der Waals surface area contributed by atoms with Gasteiger partial charge in [0.2, 0.25) is 0 Å². The van der Waals surface area contributed by atoms with Crippen molar-refractivity contribution < 1.29 is 29.7 Å². The number of anilines is 1. The highest BCUT2D eigenvalue weighted by Gasteiger charge is 2.26. The number of aromatic hydroxyl groups is 1. The molecule has 0 saturated carbocycles. The highest BCUT2D eigenvalue weighted by atomic mass is 35.5. The van der Waals surface area contributed by atoms with Gasteiger partial charge < -0.3 is 20.2 Å². The topological polar surface area (TPSA) is 115 Å². The maximum atomic E-state index is 12.4. The van der Waals surface area contributed by atoms with Crippen molar-refractivity contribution in [2.45, 2.75) is 13.8 Å². The third-order valence-electron chi connectivity index (χ3n) is 5.35. The zero-order valence-electron chi connectivity index (χ0n) is 18.4. The van der Waals surface area contributed by atoms with Crippen LogP contribution in [-0.2, 0) is 9.59 Å². The van der Waals surface area contributed by atoms with E-state index in [0.717, 1.165) is 5.69 Å². The molecule has 0 atom stereocenters. The third-order valence-corrected chi connectivity index (χ3v) is 5.66. The first-order valence-electron chi connectivity index (χ1n) is 9.89. The lowest BCUT2D eigenvalue weighted by molar-refractivity contribution is -0.134. The fraction of sp³-hybridized carbons (Fsp3) is 0.160. The van der Waals surface area contributed by atoms with E-state index in [1.54, 1.807) is 31.2 Å². The molecule has 2 aromatic rings. The number of carbonyl (C=O) groups excluding carboxylic acids is 1. The summed E-state index contributed by atoms with van der Waals surface area (Å²) in [5.41, 5.74) is 2.38. The zero-order chi connectivity index (χ0) is 24.6. The predicted molar refractivity (Wildman–Crippen MR) is 126 cm³/mol. The largest absolute Gasteiger partial charge is 0.507 e. The molecule has 0 radical (unpaired) electrons. The molecule has 8 heteroatoms. The normalized spacial score (nSPS) is 15.0. The van der Waals surface area contributed by atoms with Gasteiger partial charge in [0.15, 0.2) is 5.78 Å². The van der Waals surface area contributed by atoms with Crippen LogP contribution in [0.15, 0.2) is 59.2 Å². The number of aromatic carboxylic acids is 1. The Kier molecular flexibility index (Phi) is 6.46. The average Bonchev–Trinajstić information content (AvgIpc) is 2.73. The Bertz CT molecular complexity index is 1300. The number of carboxylic acid groups (broad SMARTS) is 2. The van der Waals surface area contributed by atoms with Crippen molar-refractivity contribution in [3.8, 4) is 5.75 Å². The number of Topliss-reactive ketones (excluding diaryl/α,β-unsaturated/α-hetero) is 1. The van der Waals surface area contributed by atoms with Crippen LogP contribution in [0.3, 0.4) is 0 Å². The van der Waals surface area contributed by atoms with Gasteiger partial charge in [0.1, 0.15) is 16.9 Å². The number of rotatable bonds is 5. The maximum absolute atomic E-state index is 12.4. The highest BCUT2D eigenvalue weighted by Crippen LogP contribution is 2.39. The van der Waals surface area contributed by atoms with Crippen LogP contribution in [-0.4, -0.2) is 47.1 Å². The molecule has 0 bridgehead atoms. The molecule has 0 amide bonds. The van der Waals surface area contributed by atoms with E-state index in [4.69, 9.17) is 11.6 Å². The summed E-state index contributed by atoms with van der Waals surface area (Å²) in [4.78, 5) is 37.6. The molecule has 2 aromatic carbocycles. The molecule has 1 aliphatic rings. The molecule has 0 saturated heterocycles. The van der Waals surface area contributed by atoms with E-state index in [-0.39, 0.29) is 16.9 Å². The summed E-state index contributed by atoms with van der Waals surface area (Å²) in [5.74, 6) is -3.65. The van der Waals surface area contributed by atoms with Gasteiger partial charge in [0.05, 0.1) is 5.02 Å². The number of aryl methyl sites for hydroxylation is 1. The first-order valence-corrected chi connectivity index (χ1v) is 10.3. The summed E-state index contributed by atoms with van der Waals surface area (Å²) < 4.78 is 0. The summed E-state index contributed by atoms with van der Waals surface area (Å²) in [6.07, 6.45) is 2.80. The Labute approximate surface area is 195 Å². The molecule has 0 aromatic heterocycles. The minimum Gasteiger partial charge on any atom is -0.507 e. The van der Waals surface area contributed by atoms with Crippen LogP contribution in [0.4, 0.5) is 5.69 Å². The van der Waals surface area contributed by atoms with E-state index in [0.29, 0.717) is 32.9 Å². The molecule has 7 nitrogen and oxygen atoms in total. The van der Waals surface area contributed by atoms with Gasteiger partial charge in [-0.2, -0.15) is 0 Å². The van der Waals surface area contributed by atoms with E-state index in [2.05, 4.69) is 0 Å². The molecule has 0 fully saturated rings. The lowest BCUT2D eigenvalue weighted by Crippen LogP contribution is -2.17. The van der Waals surface area contributed by atoms with Gasteiger partial charge in [-0.25, -0.2) is 9.59 Å². The second kappa shape index (κ2) is 8.96. The quantitative estimate of drug-likeness (QED) is 0.556. The van der Waals surface area contributed by atoms with Gasteiger partial charge in [0, 0.05) is 25.3 Å². The van der Waals surface area contributed by atoms with Crippen LogP contribution >= 0.6 is 11.6 Å². The second-order valence-corrected chi connectivity index (χ2v) is 8.31. The fourth-order valence-electron chi connectivity index (χ4n) is 3.63. The number of hydrogen-bond acceptors (Lipinski definition) is 5. The number of benzene rings is 2. The molecule has 33 heavy (non-hydrogen) atoms. The standard InChI is InChI=1S/C25H22ClNO6/c1-12-7-14(9-18(22(12)28)24(30)31)21(17-6-5-16(27(3)4)11-20(17)26)15-8-13(2)23(29)19(10-15)25(32)33/h5-11,28H,1-4H3,(H,30,31)(H,32,33). The van der Waals surface area contributed by atoms with Gasteiger partial charge in [-0.1, -0.05) is 17.7 Å². The SMILES string of the molecule is CC1=CC(=C(c2cc(C)c(O)c(C(=O)O)c2)c2ccc(N(C)C)cc2Cl)C=C(C(=O)O)C1=O. The molecule has 0 spiro atoms. The Hall–Kier alpha value is -3.84. The molecule has 3 N–H and O–H groups in total. The zero-order valence-corrected chi connectivity index (χ0v) is 19.2. The summed E-state index contributed by atoms with van der Waals surface area (Å²) in [5, 5.41) is 29.7. The number of ketones is 1. The number of halogens is 1. The number of phenols is 1. The lowest BCUT2D eigenvalue weighted by Gasteiger charge is -2.20. The Morgan fingerprint density at radius 1 is 0.939 bits per heavy atom. The average molecular weight is 468 g/mol. The molecule has 0 unspecified atom stereocenters. The van der Waals surface area contributed by atoms with Crippen molar-refractivity contribution in [2.75, 3.05) is 19.0 Å². The van der Waals surface area contributed by atoms with Crippen molar-refractivity contribution in [3.05, 3.63) is 86.5 Å². The summed E-state index contributed by atoms with van der Waals surface area (Å²) >= 11 is 6.62. The molecule has 0 heterocycles. The number of carbonyl (C=O) groups is 3. The second-order valence-electron chi connectivity index (χ2n) is 7.90. The number of allylic oxidation sites excluding steroid dienone is 4. The van der Waals surface area contributed by atoms with E-state index in [1.165, 1.54) is 19.1 Å². The predicted octanol–water partition coefficient (Wildman–Crippen LogP) is 4.46. The maximum Gasteiger partial charge on any atom is 0.339 e. The first-order chi connectivity index (χ1) is 15.4. The van der Waals surface area contributed by atoms with E-state index >= 15 is 0 Å². The Morgan fingerprint density at radius 3 is 2.15 bits per heavy atom. The van der Waals surface area contributed by atoms with Gasteiger partial charge >= 0.3 is 11.9 Å². The molecule has 3 rings (SSSR count). The molecular weight excluding hydrogens is 446 g/mol. The van der Waals surface area contributed by atoms with E-state index in [9.17, 15) is 29.7 Å². The van der Waals surface area contributed by atoms with Crippen LogP contribution in [0.5, 0.6) is 5.75 Å². The van der Waals surface area contributed by atoms with Crippen LogP contribution in [0, 0.1) is 6.92 Å². The minimum atomic E-state index is -1.37. The number of carboxylic acids is 2. The van der Waals surface area contributed by atoms with Gasteiger partial charge in [0.25, 0.3) is 0 Å². The fourth-order valence-corrected chi connectivity index (χ4v) is 3.90. The monoisotopic (exact) mass is 467 g/mol. The van der Waals surface area contributed by atoms with Crippen LogP contribution in [0.25, 0.3) is 5.57 Å². The lowest BCUT2D eigenvalue weighted by atomic mass is 9.85. The van der Waals surface area contributed by atoms with Crippen molar-refractivity contribution in [1.29, 1.82) is 0 Å². The highest BCUT2D eigenvalue weighted by molar-refractivity contribution is 6.33. The van der Waals surface area contributed by atoms with Crippen LogP contribution in [0.1, 0.15) is 34.0 Å². The smallest absolute Gasteiger partial charge is 0.339 e. The summed E-state index contributed by atoms with van der Waals surface area (Å²) in [6.45, 7) is 3.08. The van der Waals surface area contributed by atoms with Crippen molar-refractivity contribution in [3.63, 3.8) is 0 Å². The Morgan fingerprint density at radius 2 is 1.61 bits per heavy atom. The molecule has 0 aliphatic heterocycles. The van der Waals surface area contributed by atoms with Crippen LogP contribution < -0.4 is 4.90 Å². The first kappa shape index (κ1) is 23.8. The summed E-state index contributed by atoms with van der Waals surface area (Å²) in [6, 6.07) is 8.19. The van der Waals surface area contributed by atoms with Crippen molar-refractivity contribution in [2.24, 2.45) is 0 Å². The minimum absolute atomic E-state index is 0.220. The Balaban J connectivity index is 2.44. The number of aliphatic carboxylic acids is 1. The van der Waals surface area contributed by atoms with Crippen molar-refractivity contribution >= 4 is 40.6 Å². The number of hydrogen-bond donors (Lipinski definition) is 3. The number of nitrogens with zero attached hydrogens (tertiary/aromatic N) is 1. The van der Waals surface area contributed by atoms with E-state index in [1.807, 2.05) is 25.1 Å². The van der Waals surface area contributed by atoms with Crippen LogP contribution in [0.2, 0.25) is 5.02 Å². The van der Waals surface area contributed by atoms with Crippen molar-refractivity contribution in [1.82, 2.24) is 0 Å². The summed E-state index contributed by atoms with van der Waals surface area (Å²) in [7, 11) is 3.71. The third kappa shape index (κ3) is 4.54. The molecule has 1 aliphatic carbocycles. The van der Waals surface area contributed by atoms with Gasteiger partial charge in [-0.05, 0) is 78.1 Å². The van der Waals surface area contributed by atoms with Gasteiger partial charge in [-0.15, -0.1) is 0 Å². The van der Waals surface area contributed by atoms with Gasteiger partial charge in [-0.3, -0.25) is 4.79 Å². The van der Waals surface area contributed by atoms with E-state index < -0.39 is 23.3 Å². The molecule has 170 valence electrons.